The van der Waals surface area contributed by atoms with E-state index >= 15 is 0 Å². The van der Waals surface area contributed by atoms with Crippen LogP contribution in [0.5, 0.6) is 0 Å². The van der Waals surface area contributed by atoms with Crippen LogP contribution in [0.15, 0.2) is 108 Å². The normalized spacial score (nSPS) is 15.2. The van der Waals surface area contributed by atoms with Gasteiger partial charge >= 0.3 is 6.03 Å². The average Bonchev–Trinajstić information content (AvgIpc) is 3.57. The largest absolute Gasteiger partial charge is 0.335 e. The third-order valence-corrected chi connectivity index (χ3v) is 8.90. The molecule has 1 saturated heterocycles. The molecule has 3 amide bonds. The number of fused-ring (bicyclic) bond motifs is 1. The molecule has 0 spiro atoms. The first-order chi connectivity index (χ1) is 20.8. The van der Waals surface area contributed by atoms with Crippen molar-refractivity contribution in [3.8, 4) is 0 Å². The van der Waals surface area contributed by atoms with E-state index in [0.717, 1.165) is 5.56 Å². The van der Waals surface area contributed by atoms with E-state index in [1.54, 1.807) is 64.5 Å². The lowest BCUT2D eigenvalue weighted by Gasteiger charge is -2.34. The number of piperazine rings is 1. The third-order valence-electron chi connectivity index (χ3n) is 7.49. The average molecular weight is 598 g/mol. The van der Waals surface area contributed by atoms with Gasteiger partial charge in [0, 0.05) is 54.9 Å². The second-order valence-electron chi connectivity index (χ2n) is 10.3. The van der Waals surface area contributed by atoms with Crippen LogP contribution in [-0.2, 0) is 10.0 Å². The quantitative estimate of drug-likeness (QED) is 0.310. The van der Waals surface area contributed by atoms with Crippen molar-refractivity contribution in [1.82, 2.24) is 14.8 Å². The van der Waals surface area contributed by atoms with E-state index in [0.29, 0.717) is 35.2 Å². The van der Waals surface area contributed by atoms with Gasteiger partial charge in [-0.15, -0.1) is 0 Å². The molecule has 1 aromatic heterocycles. The minimum Gasteiger partial charge on any atom is -0.335 e. The van der Waals surface area contributed by atoms with Crippen LogP contribution in [0.2, 0.25) is 0 Å². The summed E-state index contributed by atoms with van der Waals surface area (Å²) in [6, 6.07) is 19.0. The number of carbonyl (C=O) groups is 2. The minimum atomic E-state index is -3.92. The Morgan fingerprint density at radius 3 is 2.28 bits per heavy atom. The molecule has 6 rings (SSSR count). The maximum Gasteiger partial charge on any atom is 0.322 e. The van der Waals surface area contributed by atoms with Crippen molar-refractivity contribution in [3.05, 3.63) is 120 Å². The van der Waals surface area contributed by atoms with Crippen LogP contribution >= 0.6 is 0 Å². The van der Waals surface area contributed by atoms with Crippen LogP contribution in [0, 0.1) is 5.82 Å². The molecular formula is C32H28FN5O4S. The van der Waals surface area contributed by atoms with Gasteiger partial charge in [-0.1, -0.05) is 48.6 Å². The number of hydrogen-bond acceptors (Lipinski definition) is 5. The number of sulfonamides is 1. The molecule has 1 aliphatic carbocycles. The van der Waals surface area contributed by atoms with Crippen LogP contribution in [-0.4, -0.2) is 61.3 Å². The summed E-state index contributed by atoms with van der Waals surface area (Å²) in [6.07, 6.45) is 9.30. The van der Waals surface area contributed by atoms with Gasteiger partial charge < -0.3 is 15.1 Å². The number of rotatable bonds is 6. The Hall–Kier alpha value is -5.03. The van der Waals surface area contributed by atoms with E-state index in [1.165, 1.54) is 24.3 Å². The Morgan fingerprint density at radius 2 is 1.56 bits per heavy atom. The highest BCUT2D eigenvalue weighted by molar-refractivity contribution is 7.93. The Balaban J connectivity index is 1.04. The number of carbonyl (C=O) groups excluding carboxylic acids is 2. The standard InChI is InChI=1S/C32H28FN5O4S/c33-27-21-25(22-5-1-2-6-22)12-15-28(27)35-32(40)38-19-17-37(18-20-38)31(39)24-10-13-26(14-11-24)36-43(41,42)29-9-3-7-23-8-4-16-34-30(23)29/h1-16,21-22,36H,17-20H2,(H,35,40). The van der Waals surface area contributed by atoms with Crippen LogP contribution < -0.4 is 10.0 Å². The minimum absolute atomic E-state index is 0.0259. The van der Waals surface area contributed by atoms with Crippen molar-refractivity contribution in [2.75, 3.05) is 36.2 Å². The Bertz CT molecular complexity index is 1850. The summed E-state index contributed by atoms with van der Waals surface area (Å²) in [4.78, 5) is 33.4. The highest BCUT2D eigenvalue weighted by atomic mass is 32.2. The zero-order valence-corrected chi connectivity index (χ0v) is 23.8. The van der Waals surface area contributed by atoms with Crippen LogP contribution in [0.3, 0.4) is 0 Å². The molecular weight excluding hydrogens is 569 g/mol. The Kier molecular flexibility index (Phi) is 7.64. The molecule has 2 aliphatic rings. The number of allylic oxidation sites excluding steroid dienone is 4. The van der Waals surface area contributed by atoms with Gasteiger partial charge in [0.05, 0.1) is 11.2 Å². The summed E-state index contributed by atoms with van der Waals surface area (Å²) in [6.45, 7) is 1.17. The SMILES string of the molecule is O=C(Nc1ccc(C2C=CC=C2)cc1F)N1CCN(C(=O)c2ccc(NS(=O)(=O)c3cccc4cccnc34)cc2)CC1. The number of para-hydroxylation sites is 1. The molecule has 3 aromatic carbocycles. The van der Waals surface area contributed by atoms with Crippen molar-refractivity contribution < 1.29 is 22.4 Å². The molecule has 0 atom stereocenters. The molecule has 43 heavy (non-hydrogen) atoms. The molecule has 0 bridgehead atoms. The van der Waals surface area contributed by atoms with Crippen molar-refractivity contribution in [2.45, 2.75) is 10.8 Å². The smallest absolute Gasteiger partial charge is 0.322 e. The highest BCUT2D eigenvalue weighted by Crippen LogP contribution is 2.27. The van der Waals surface area contributed by atoms with E-state index in [-0.39, 0.29) is 35.5 Å². The first-order valence-electron chi connectivity index (χ1n) is 13.7. The van der Waals surface area contributed by atoms with E-state index in [4.69, 9.17) is 0 Å². The molecule has 2 heterocycles. The molecule has 2 N–H and O–H groups in total. The van der Waals surface area contributed by atoms with Crippen molar-refractivity contribution >= 4 is 44.2 Å². The second kappa shape index (κ2) is 11.7. The predicted molar refractivity (Wildman–Crippen MR) is 163 cm³/mol. The monoisotopic (exact) mass is 597 g/mol. The number of nitrogens with one attached hydrogen (secondary N) is 2. The molecule has 4 aromatic rings. The van der Waals surface area contributed by atoms with E-state index in [9.17, 15) is 22.4 Å². The maximum atomic E-state index is 14.7. The van der Waals surface area contributed by atoms with E-state index in [2.05, 4.69) is 15.0 Å². The topological polar surface area (TPSA) is 112 Å². The number of urea groups is 1. The van der Waals surface area contributed by atoms with Gasteiger partial charge in [-0.3, -0.25) is 14.5 Å². The number of amides is 3. The molecule has 11 heteroatoms. The number of anilines is 2. The number of hydrogen-bond donors (Lipinski definition) is 2. The van der Waals surface area contributed by atoms with E-state index < -0.39 is 21.9 Å². The molecule has 0 saturated carbocycles. The summed E-state index contributed by atoms with van der Waals surface area (Å²) in [5, 5.41) is 3.34. The first kappa shape index (κ1) is 28.1. The summed E-state index contributed by atoms with van der Waals surface area (Å²) >= 11 is 0. The van der Waals surface area contributed by atoms with E-state index in [1.807, 2.05) is 24.3 Å². The molecule has 1 fully saturated rings. The van der Waals surface area contributed by atoms with Gasteiger partial charge in [0.2, 0.25) is 0 Å². The van der Waals surface area contributed by atoms with Crippen LogP contribution in [0.25, 0.3) is 10.9 Å². The van der Waals surface area contributed by atoms with Gasteiger partial charge in [0.15, 0.2) is 0 Å². The lowest BCUT2D eigenvalue weighted by atomic mass is 10.0. The van der Waals surface area contributed by atoms with Gasteiger partial charge in [-0.05, 0) is 54.1 Å². The van der Waals surface area contributed by atoms with Gasteiger partial charge in [-0.2, -0.15) is 0 Å². The van der Waals surface area contributed by atoms with Gasteiger partial charge in [-0.25, -0.2) is 17.6 Å². The molecule has 0 unspecified atom stereocenters. The number of pyridine rings is 1. The highest BCUT2D eigenvalue weighted by Gasteiger charge is 2.26. The number of benzene rings is 3. The van der Waals surface area contributed by atoms with Crippen molar-refractivity contribution in [3.63, 3.8) is 0 Å². The van der Waals surface area contributed by atoms with Crippen molar-refractivity contribution in [1.29, 1.82) is 0 Å². The Morgan fingerprint density at radius 1 is 0.860 bits per heavy atom. The molecule has 0 radical (unpaired) electrons. The van der Waals surface area contributed by atoms with Gasteiger partial charge in [0.25, 0.3) is 15.9 Å². The van der Waals surface area contributed by atoms with Gasteiger partial charge in [0.1, 0.15) is 10.7 Å². The fraction of sp³-hybridized carbons (Fsp3) is 0.156. The fourth-order valence-corrected chi connectivity index (χ4v) is 6.41. The second-order valence-corrected chi connectivity index (χ2v) is 11.9. The summed E-state index contributed by atoms with van der Waals surface area (Å²) < 4.78 is 43.4. The fourth-order valence-electron chi connectivity index (χ4n) is 5.17. The number of halogens is 1. The third kappa shape index (κ3) is 5.98. The summed E-state index contributed by atoms with van der Waals surface area (Å²) in [5.41, 5.74) is 1.98. The molecule has 9 nitrogen and oxygen atoms in total. The molecule has 1 aliphatic heterocycles. The molecule has 218 valence electrons. The van der Waals surface area contributed by atoms with Crippen LogP contribution in [0.4, 0.5) is 20.6 Å². The van der Waals surface area contributed by atoms with Crippen LogP contribution in [0.1, 0.15) is 21.8 Å². The van der Waals surface area contributed by atoms with Crippen molar-refractivity contribution in [2.24, 2.45) is 0 Å². The predicted octanol–water partition coefficient (Wildman–Crippen LogP) is 5.37. The summed E-state index contributed by atoms with van der Waals surface area (Å²) in [5.74, 6) is -0.713. The Labute approximate surface area is 248 Å². The lowest BCUT2D eigenvalue weighted by Crippen LogP contribution is -2.51. The number of nitrogens with zero attached hydrogens (tertiary/aromatic N) is 3. The first-order valence-corrected chi connectivity index (χ1v) is 15.2. The zero-order chi connectivity index (χ0) is 30.0. The number of aromatic nitrogens is 1. The maximum absolute atomic E-state index is 14.7. The summed E-state index contributed by atoms with van der Waals surface area (Å²) in [7, 11) is -3.92. The zero-order valence-electron chi connectivity index (χ0n) is 23.0. The lowest BCUT2D eigenvalue weighted by molar-refractivity contribution is 0.0671.